The van der Waals surface area contributed by atoms with Crippen LogP contribution in [0.3, 0.4) is 0 Å². The predicted octanol–water partition coefficient (Wildman–Crippen LogP) is 3.67. The molecule has 0 aromatic rings. The van der Waals surface area contributed by atoms with Crippen molar-refractivity contribution in [2.75, 3.05) is 5.75 Å². The van der Waals surface area contributed by atoms with Gasteiger partial charge < -0.3 is 10.4 Å². The molecule has 0 radical (unpaired) electrons. The zero-order valence-electron chi connectivity index (χ0n) is 14.6. The van der Waals surface area contributed by atoms with E-state index >= 15 is 0 Å². The number of nitrogens with one attached hydrogen (secondary N) is 1. The number of hydrogen-bond donors (Lipinski definition) is 2. The molecule has 2 unspecified atom stereocenters. The lowest BCUT2D eigenvalue weighted by Crippen LogP contribution is -2.39. The van der Waals surface area contributed by atoms with E-state index in [9.17, 15) is 14.4 Å². The highest BCUT2D eigenvalue weighted by molar-refractivity contribution is 8.77. The standard InChI is InChI=1S/C17H29NO4S2/c1-12(7-8-17(21)22)11-15(19)13(2)18-16(20)6-4-3-5-14-9-10-23-24-14/h12-14H,3-11H2,1-2H3,(H,18,20)(H,21,22)/t12?,13?,14-/m1/s1. The average molecular weight is 376 g/mol. The molecular weight excluding hydrogens is 346 g/mol. The van der Waals surface area contributed by atoms with Crippen LogP contribution in [0.4, 0.5) is 0 Å². The SMILES string of the molecule is CC(CCC(=O)O)CC(=O)C(C)NC(=O)CCCC[C@@H]1CCSS1. The molecule has 0 saturated carbocycles. The minimum Gasteiger partial charge on any atom is -0.481 e. The van der Waals surface area contributed by atoms with E-state index in [1.165, 1.54) is 18.6 Å². The van der Waals surface area contributed by atoms with Crippen LogP contribution in [-0.2, 0) is 14.4 Å². The lowest BCUT2D eigenvalue weighted by atomic mass is 9.96. The van der Waals surface area contributed by atoms with Crippen molar-refractivity contribution in [2.45, 2.75) is 76.5 Å². The molecule has 0 aromatic heterocycles. The van der Waals surface area contributed by atoms with Gasteiger partial charge in [0.25, 0.3) is 0 Å². The van der Waals surface area contributed by atoms with Crippen LogP contribution < -0.4 is 5.32 Å². The second-order valence-corrected chi connectivity index (χ2v) is 9.36. The van der Waals surface area contributed by atoms with Crippen molar-refractivity contribution in [1.82, 2.24) is 5.32 Å². The van der Waals surface area contributed by atoms with Crippen LogP contribution >= 0.6 is 21.6 Å². The first-order valence-corrected chi connectivity index (χ1v) is 11.1. The second kappa shape index (κ2) is 11.8. The molecule has 7 heteroatoms. The summed E-state index contributed by atoms with van der Waals surface area (Å²) in [5, 5.41) is 12.2. The Morgan fingerprint density at radius 3 is 2.58 bits per heavy atom. The molecule has 0 spiro atoms. The maximum atomic E-state index is 12.1. The molecule has 0 aromatic carbocycles. The number of Topliss-reactive ketones (excluding diaryl/α,β-unsaturated/α-hetero) is 1. The van der Waals surface area contributed by atoms with Crippen molar-refractivity contribution in [3.05, 3.63) is 0 Å². The van der Waals surface area contributed by atoms with Gasteiger partial charge in [-0.1, -0.05) is 34.9 Å². The summed E-state index contributed by atoms with van der Waals surface area (Å²) in [4.78, 5) is 34.5. The van der Waals surface area contributed by atoms with Crippen LogP contribution in [0.25, 0.3) is 0 Å². The van der Waals surface area contributed by atoms with Gasteiger partial charge >= 0.3 is 5.97 Å². The normalized spacial score (nSPS) is 19.7. The summed E-state index contributed by atoms with van der Waals surface area (Å²) >= 11 is 0. The molecule has 2 N–H and O–H groups in total. The van der Waals surface area contributed by atoms with Crippen molar-refractivity contribution in [1.29, 1.82) is 0 Å². The molecule has 5 nitrogen and oxygen atoms in total. The highest BCUT2D eigenvalue weighted by Gasteiger charge is 2.19. The van der Waals surface area contributed by atoms with Crippen LogP contribution in [0, 0.1) is 5.92 Å². The van der Waals surface area contributed by atoms with Gasteiger partial charge in [-0.15, -0.1) is 0 Å². The summed E-state index contributed by atoms with van der Waals surface area (Å²) in [7, 11) is 3.90. The molecule has 1 aliphatic rings. The van der Waals surface area contributed by atoms with E-state index < -0.39 is 12.0 Å². The Balaban J connectivity index is 2.12. The third-order valence-electron chi connectivity index (χ3n) is 4.17. The van der Waals surface area contributed by atoms with Gasteiger partial charge in [-0.25, -0.2) is 0 Å². The largest absolute Gasteiger partial charge is 0.481 e. The first kappa shape index (κ1) is 21.4. The molecule has 1 aliphatic heterocycles. The molecule has 1 fully saturated rings. The van der Waals surface area contributed by atoms with Crippen molar-refractivity contribution < 1.29 is 19.5 Å². The molecular formula is C17H29NO4S2. The van der Waals surface area contributed by atoms with Crippen LogP contribution in [0.15, 0.2) is 0 Å². The Bertz CT molecular complexity index is 425. The Morgan fingerprint density at radius 2 is 1.96 bits per heavy atom. The number of unbranched alkanes of at least 4 members (excludes halogenated alkanes) is 1. The van der Waals surface area contributed by atoms with Crippen LogP contribution in [-0.4, -0.2) is 39.8 Å². The number of carbonyl (C=O) groups excluding carboxylic acids is 2. The fourth-order valence-electron chi connectivity index (χ4n) is 2.61. The quantitative estimate of drug-likeness (QED) is 0.400. The van der Waals surface area contributed by atoms with E-state index in [-0.39, 0.29) is 24.0 Å². The van der Waals surface area contributed by atoms with E-state index in [4.69, 9.17) is 5.11 Å². The second-order valence-electron chi connectivity index (χ2n) is 6.57. The Morgan fingerprint density at radius 1 is 1.21 bits per heavy atom. The summed E-state index contributed by atoms with van der Waals surface area (Å²) in [6.45, 7) is 3.57. The number of carbonyl (C=O) groups is 3. The van der Waals surface area contributed by atoms with Gasteiger partial charge in [0.05, 0.1) is 6.04 Å². The summed E-state index contributed by atoms with van der Waals surface area (Å²) in [6.07, 6.45) is 5.70. The van der Waals surface area contributed by atoms with Gasteiger partial charge in [0, 0.05) is 30.3 Å². The summed E-state index contributed by atoms with van der Waals surface area (Å²) in [5.74, 6) is 0.323. The van der Waals surface area contributed by atoms with Crippen LogP contribution in [0.5, 0.6) is 0 Å². The summed E-state index contributed by atoms with van der Waals surface area (Å²) < 4.78 is 0. The molecule has 138 valence electrons. The molecule has 1 amide bonds. The Kier molecular flexibility index (Phi) is 10.5. The van der Waals surface area contributed by atoms with E-state index in [1.807, 2.05) is 28.5 Å². The third kappa shape index (κ3) is 9.57. The fraction of sp³-hybridized carbons (Fsp3) is 0.824. The van der Waals surface area contributed by atoms with Gasteiger partial charge in [0.15, 0.2) is 5.78 Å². The molecule has 24 heavy (non-hydrogen) atoms. The number of aliphatic carboxylic acids is 1. The van der Waals surface area contributed by atoms with E-state index in [1.54, 1.807) is 6.92 Å². The first-order valence-electron chi connectivity index (χ1n) is 8.70. The van der Waals surface area contributed by atoms with E-state index in [0.29, 0.717) is 19.3 Å². The number of ketones is 1. The van der Waals surface area contributed by atoms with Crippen molar-refractivity contribution in [3.8, 4) is 0 Å². The molecule has 1 heterocycles. The predicted molar refractivity (Wildman–Crippen MR) is 100 cm³/mol. The first-order chi connectivity index (χ1) is 11.4. The van der Waals surface area contributed by atoms with Gasteiger partial charge in [0.1, 0.15) is 0 Å². The maximum Gasteiger partial charge on any atom is 0.303 e. The fourth-order valence-corrected chi connectivity index (χ4v) is 5.64. The van der Waals surface area contributed by atoms with Crippen LogP contribution in [0.2, 0.25) is 0 Å². The number of hydrogen-bond acceptors (Lipinski definition) is 5. The average Bonchev–Trinajstić information content (AvgIpc) is 3.02. The topological polar surface area (TPSA) is 83.5 Å². The zero-order valence-corrected chi connectivity index (χ0v) is 16.2. The lowest BCUT2D eigenvalue weighted by molar-refractivity contribution is -0.137. The maximum absolute atomic E-state index is 12.1. The lowest BCUT2D eigenvalue weighted by Gasteiger charge is -2.16. The Hall–Kier alpha value is -0.690. The molecule has 0 bridgehead atoms. The zero-order chi connectivity index (χ0) is 17.9. The molecule has 1 rings (SSSR count). The summed E-state index contributed by atoms with van der Waals surface area (Å²) in [6, 6.07) is -0.494. The van der Waals surface area contributed by atoms with Gasteiger partial charge in [-0.05, 0) is 38.5 Å². The van der Waals surface area contributed by atoms with E-state index in [2.05, 4.69) is 5.32 Å². The highest BCUT2D eigenvalue weighted by Crippen LogP contribution is 2.39. The minimum atomic E-state index is -0.842. The summed E-state index contributed by atoms with van der Waals surface area (Å²) in [5.41, 5.74) is 0. The van der Waals surface area contributed by atoms with Crippen molar-refractivity contribution in [3.63, 3.8) is 0 Å². The molecule has 0 aliphatic carbocycles. The van der Waals surface area contributed by atoms with Crippen LogP contribution in [0.1, 0.15) is 65.2 Å². The number of carboxylic acid groups (broad SMARTS) is 1. The van der Waals surface area contributed by atoms with Gasteiger partial charge in [0.2, 0.25) is 5.91 Å². The number of rotatable bonds is 12. The number of amides is 1. The van der Waals surface area contributed by atoms with Gasteiger partial charge in [-0.3, -0.25) is 14.4 Å². The van der Waals surface area contributed by atoms with E-state index in [0.717, 1.165) is 18.1 Å². The highest BCUT2D eigenvalue weighted by atomic mass is 33.1. The molecule has 3 atom stereocenters. The molecule has 1 saturated heterocycles. The third-order valence-corrected chi connectivity index (χ3v) is 7.18. The van der Waals surface area contributed by atoms with Crippen molar-refractivity contribution >= 4 is 39.2 Å². The monoisotopic (exact) mass is 375 g/mol. The number of carboxylic acids is 1. The van der Waals surface area contributed by atoms with Crippen molar-refractivity contribution in [2.24, 2.45) is 5.92 Å². The van der Waals surface area contributed by atoms with Gasteiger partial charge in [-0.2, -0.15) is 0 Å². The smallest absolute Gasteiger partial charge is 0.303 e. The minimum absolute atomic E-state index is 0.0229. The Labute approximate surface area is 152 Å².